The zero-order valence-corrected chi connectivity index (χ0v) is 14.3. The number of hydrogen-bond acceptors (Lipinski definition) is 3. The van der Waals surface area contributed by atoms with Gasteiger partial charge in [-0.2, -0.15) is 0 Å². The summed E-state index contributed by atoms with van der Waals surface area (Å²) in [4.78, 5) is 12.1. The highest BCUT2D eigenvalue weighted by molar-refractivity contribution is 5.69. The van der Waals surface area contributed by atoms with Gasteiger partial charge in [0.15, 0.2) is 0 Å². The molecule has 1 aliphatic carbocycles. The fraction of sp³-hybridized carbons (Fsp3) is 0.526. The third-order valence-corrected chi connectivity index (χ3v) is 3.90. The van der Waals surface area contributed by atoms with Crippen molar-refractivity contribution in [2.24, 2.45) is 5.92 Å². The molecule has 1 fully saturated rings. The van der Waals surface area contributed by atoms with Crippen molar-refractivity contribution in [2.45, 2.75) is 51.4 Å². The summed E-state index contributed by atoms with van der Waals surface area (Å²) in [6, 6.07) is 10.0. The molecule has 0 heterocycles. The maximum atomic E-state index is 12.1. The molecule has 1 N–H and O–H groups in total. The second kappa shape index (κ2) is 7.18. The number of allylic oxidation sites excluding steroid dienone is 1. The van der Waals surface area contributed by atoms with Gasteiger partial charge in [0.2, 0.25) is 0 Å². The molecule has 1 saturated carbocycles. The number of alkyl carbamates (subject to hydrolysis) is 1. The summed E-state index contributed by atoms with van der Waals surface area (Å²) >= 11 is 0. The summed E-state index contributed by atoms with van der Waals surface area (Å²) in [7, 11) is 0. The Balaban J connectivity index is 1.89. The summed E-state index contributed by atoms with van der Waals surface area (Å²) in [6.45, 7) is 10.4. The van der Waals surface area contributed by atoms with E-state index in [1.54, 1.807) is 0 Å². The summed E-state index contributed by atoms with van der Waals surface area (Å²) in [5.74, 6) is 0.364. The van der Waals surface area contributed by atoms with E-state index in [9.17, 15) is 4.79 Å². The van der Waals surface area contributed by atoms with Crippen LogP contribution < -0.4 is 5.32 Å². The van der Waals surface area contributed by atoms with Crippen molar-refractivity contribution in [3.8, 4) is 0 Å². The Morgan fingerprint density at radius 2 is 2.09 bits per heavy atom. The number of rotatable bonds is 7. The average Bonchev–Trinajstić information content (AvgIpc) is 3.10. The third-order valence-electron chi connectivity index (χ3n) is 3.90. The van der Waals surface area contributed by atoms with E-state index in [1.807, 2.05) is 57.2 Å². The van der Waals surface area contributed by atoms with Crippen molar-refractivity contribution in [1.29, 1.82) is 0 Å². The minimum absolute atomic E-state index is 0.328. The quantitative estimate of drug-likeness (QED) is 0.771. The van der Waals surface area contributed by atoms with E-state index in [2.05, 4.69) is 11.9 Å². The van der Waals surface area contributed by atoms with Gasteiger partial charge in [0, 0.05) is 0 Å². The van der Waals surface area contributed by atoms with Gasteiger partial charge in [0.25, 0.3) is 0 Å². The van der Waals surface area contributed by atoms with Crippen LogP contribution in [-0.4, -0.2) is 23.8 Å². The Kier molecular flexibility index (Phi) is 5.47. The minimum Gasteiger partial charge on any atom is -0.444 e. The predicted octanol–water partition coefficient (Wildman–Crippen LogP) is 4.06. The molecule has 0 radical (unpaired) electrons. The van der Waals surface area contributed by atoms with Gasteiger partial charge in [0.05, 0.1) is 18.8 Å². The first-order valence-electron chi connectivity index (χ1n) is 8.08. The van der Waals surface area contributed by atoms with Crippen molar-refractivity contribution in [3.63, 3.8) is 0 Å². The summed E-state index contributed by atoms with van der Waals surface area (Å²) in [5.41, 5.74) is 0.297. The van der Waals surface area contributed by atoms with Crippen LogP contribution in [0.15, 0.2) is 43.0 Å². The SMILES string of the molecule is C=CC[C@H]1C[C@]1(COCc1ccccc1)NC(=O)OC(C)(C)C. The Morgan fingerprint density at radius 1 is 1.39 bits per heavy atom. The van der Waals surface area contributed by atoms with Crippen molar-refractivity contribution >= 4 is 6.09 Å². The molecular formula is C19H27NO3. The lowest BCUT2D eigenvalue weighted by molar-refractivity contribution is 0.0387. The second-order valence-electron chi connectivity index (χ2n) is 7.19. The molecule has 1 amide bonds. The van der Waals surface area contributed by atoms with Gasteiger partial charge in [-0.25, -0.2) is 4.79 Å². The van der Waals surface area contributed by atoms with Crippen LogP contribution in [0, 0.1) is 5.92 Å². The number of hydrogen-bond donors (Lipinski definition) is 1. The zero-order chi connectivity index (χ0) is 16.9. The average molecular weight is 317 g/mol. The van der Waals surface area contributed by atoms with E-state index in [-0.39, 0.29) is 11.6 Å². The highest BCUT2D eigenvalue weighted by atomic mass is 16.6. The molecule has 2 rings (SSSR count). The predicted molar refractivity (Wildman–Crippen MR) is 91.1 cm³/mol. The topological polar surface area (TPSA) is 47.6 Å². The number of ether oxygens (including phenoxy) is 2. The molecule has 0 aliphatic heterocycles. The standard InChI is InChI=1S/C19H27NO3/c1-5-9-16-12-19(16,20-17(21)23-18(2,3)4)14-22-13-15-10-7-6-8-11-15/h5-8,10-11,16H,1,9,12-14H2,2-4H3,(H,20,21)/t16-,19+/m0/s1. The van der Waals surface area contributed by atoms with Crippen LogP contribution in [0.5, 0.6) is 0 Å². The maximum absolute atomic E-state index is 12.1. The summed E-state index contributed by atoms with van der Waals surface area (Å²) < 4.78 is 11.2. The second-order valence-corrected chi connectivity index (χ2v) is 7.19. The Labute approximate surface area is 138 Å². The molecule has 126 valence electrons. The van der Waals surface area contributed by atoms with E-state index in [1.165, 1.54) is 0 Å². The van der Waals surface area contributed by atoms with Gasteiger partial charge < -0.3 is 14.8 Å². The molecule has 0 bridgehead atoms. The zero-order valence-electron chi connectivity index (χ0n) is 14.3. The lowest BCUT2D eigenvalue weighted by atomic mass is 10.1. The monoisotopic (exact) mass is 317 g/mol. The first-order valence-corrected chi connectivity index (χ1v) is 8.08. The highest BCUT2D eigenvalue weighted by Crippen LogP contribution is 2.46. The van der Waals surface area contributed by atoms with E-state index in [4.69, 9.17) is 9.47 Å². The van der Waals surface area contributed by atoms with Gasteiger partial charge >= 0.3 is 6.09 Å². The Hall–Kier alpha value is -1.81. The molecule has 0 unspecified atom stereocenters. The maximum Gasteiger partial charge on any atom is 0.408 e. The minimum atomic E-state index is -0.501. The Bertz CT molecular complexity index is 535. The van der Waals surface area contributed by atoms with Crippen molar-refractivity contribution in [1.82, 2.24) is 5.32 Å². The van der Waals surface area contributed by atoms with Crippen LogP contribution in [0.2, 0.25) is 0 Å². The van der Waals surface area contributed by atoms with Crippen LogP contribution in [-0.2, 0) is 16.1 Å². The third kappa shape index (κ3) is 5.39. The van der Waals surface area contributed by atoms with Crippen LogP contribution in [0.25, 0.3) is 0 Å². The molecule has 1 aliphatic rings. The number of benzene rings is 1. The lowest BCUT2D eigenvalue weighted by Crippen LogP contribution is -2.44. The molecule has 1 aromatic rings. The first-order chi connectivity index (χ1) is 10.8. The fourth-order valence-corrected chi connectivity index (χ4v) is 2.69. The number of amides is 1. The molecule has 0 aromatic heterocycles. The van der Waals surface area contributed by atoms with Crippen molar-refractivity contribution < 1.29 is 14.3 Å². The highest BCUT2D eigenvalue weighted by Gasteiger charge is 2.55. The normalized spacial score (nSPS) is 23.2. The number of carbonyl (C=O) groups excluding carboxylic acids is 1. The summed E-state index contributed by atoms with van der Waals surface area (Å²) in [5, 5.41) is 3.01. The van der Waals surface area contributed by atoms with Crippen LogP contribution >= 0.6 is 0 Å². The van der Waals surface area contributed by atoms with Crippen molar-refractivity contribution in [3.05, 3.63) is 48.6 Å². The molecule has 2 atom stereocenters. The largest absolute Gasteiger partial charge is 0.444 e. The summed E-state index contributed by atoms with van der Waals surface area (Å²) in [6.07, 6.45) is 3.27. The molecule has 23 heavy (non-hydrogen) atoms. The van der Waals surface area contributed by atoms with Crippen LogP contribution in [0.4, 0.5) is 4.79 Å². The van der Waals surface area contributed by atoms with Gasteiger partial charge in [0.1, 0.15) is 5.60 Å². The fourth-order valence-electron chi connectivity index (χ4n) is 2.69. The molecule has 4 heteroatoms. The van der Waals surface area contributed by atoms with Gasteiger partial charge in [-0.1, -0.05) is 36.4 Å². The Morgan fingerprint density at radius 3 is 2.70 bits per heavy atom. The number of nitrogens with one attached hydrogen (secondary N) is 1. The molecule has 0 saturated heterocycles. The molecule has 1 aromatic carbocycles. The van der Waals surface area contributed by atoms with Gasteiger partial charge in [-0.15, -0.1) is 6.58 Å². The van der Waals surface area contributed by atoms with E-state index >= 15 is 0 Å². The van der Waals surface area contributed by atoms with E-state index in [0.717, 1.165) is 18.4 Å². The smallest absolute Gasteiger partial charge is 0.408 e. The number of carbonyl (C=O) groups is 1. The van der Waals surface area contributed by atoms with Crippen molar-refractivity contribution in [2.75, 3.05) is 6.61 Å². The van der Waals surface area contributed by atoms with E-state index in [0.29, 0.717) is 19.1 Å². The van der Waals surface area contributed by atoms with Gasteiger partial charge in [-0.05, 0) is 45.1 Å². The van der Waals surface area contributed by atoms with Crippen LogP contribution in [0.1, 0.15) is 39.2 Å². The lowest BCUT2D eigenvalue weighted by Gasteiger charge is -2.24. The molecule has 4 nitrogen and oxygen atoms in total. The van der Waals surface area contributed by atoms with E-state index < -0.39 is 5.60 Å². The van der Waals surface area contributed by atoms with Crippen LogP contribution in [0.3, 0.4) is 0 Å². The first kappa shape index (κ1) is 17.5. The molecule has 0 spiro atoms. The van der Waals surface area contributed by atoms with Gasteiger partial charge in [-0.3, -0.25) is 0 Å². The molecular weight excluding hydrogens is 290 g/mol.